The topological polar surface area (TPSA) is 9.23 Å². The minimum Gasteiger partial charge on any atom is -0.385 e. The van der Waals surface area contributed by atoms with Crippen molar-refractivity contribution >= 4 is 0 Å². The molecule has 1 nitrogen and oxygen atoms in total. The molecule has 0 saturated heterocycles. The highest BCUT2D eigenvalue weighted by atomic mass is 16.5. The van der Waals surface area contributed by atoms with Crippen LogP contribution in [0.4, 0.5) is 0 Å². The molecule has 1 aliphatic rings. The fraction of sp³-hybridized carbons (Fsp3) is 1.00. The first-order valence-electron chi connectivity index (χ1n) is 4.15. The lowest BCUT2D eigenvalue weighted by molar-refractivity contribution is 0.0438. The lowest BCUT2D eigenvalue weighted by Crippen LogP contribution is -2.33. The van der Waals surface area contributed by atoms with E-state index in [0.29, 0.717) is 5.41 Å². The van der Waals surface area contributed by atoms with Crippen LogP contribution in [0.15, 0.2) is 0 Å². The molecule has 1 heteroatoms. The van der Waals surface area contributed by atoms with E-state index < -0.39 is 0 Å². The molecule has 0 aromatic heterocycles. The van der Waals surface area contributed by atoms with Crippen LogP contribution in [-0.2, 0) is 4.74 Å². The Morgan fingerprint density at radius 1 is 1.50 bits per heavy atom. The molecule has 1 rings (SSSR count). The van der Waals surface area contributed by atoms with Crippen molar-refractivity contribution in [3.8, 4) is 0 Å². The maximum atomic E-state index is 5.05. The van der Waals surface area contributed by atoms with Gasteiger partial charge in [0.1, 0.15) is 0 Å². The van der Waals surface area contributed by atoms with E-state index in [4.69, 9.17) is 4.74 Å². The van der Waals surface area contributed by atoms with Gasteiger partial charge in [-0.05, 0) is 30.6 Å². The van der Waals surface area contributed by atoms with Gasteiger partial charge >= 0.3 is 0 Å². The lowest BCUT2D eigenvalue weighted by Gasteiger charge is -2.43. The Balaban J connectivity index is 2.15. The highest BCUT2D eigenvalue weighted by Gasteiger charge is 2.36. The van der Waals surface area contributed by atoms with E-state index in [1.54, 1.807) is 7.11 Å². The largest absolute Gasteiger partial charge is 0.385 e. The zero-order valence-electron chi connectivity index (χ0n) is 7.31. The Bertz CT molecular complexity index is 103. The van der Waals surface area contributed by atoms with Crippen molar-refractivity contribution in [3.05, 3.63) is 0 Å². The molecule has 0 unspecified atom stereocenters. The van der Waals surface area contributed by atoms with Gasteiger partial charge in [0, 0.05) is 13.7 Å². The van der Waals surface area contributed by atoms with E-state index in [1.807, 2.05) is 0 Å². The molecule has 1 saturated carbocycles. The molecule has 10 heavy (non-hydrogen) atoms. The maximum absolute atomic E-state index is 5.05. The van der Waals surface area contributed by atoms with Crippen LogP contribution in [0, 0.1) is 11.3 Å². The Morgan fingerprint density at radius 3 is 2.50 bits per heavy atom. The van der Waals surface area contributed by atoms with Crippen LogP contribution in [0.2, 0.25) is 0 Å². The van der Waals surface area contributed by atoms with E-state index in [-0.39, 0.29) is 0 Å². The predicted octanol–water partition coefficient (Wildman–Crippen LogP) is 2.46. The van der Waals surface area contributed by atoms with Gasteiger partial charge in [0.15, 0.2) is 0 Å². The van der Waals surface area contributed by atoms with Gasteiger partial charge in [-0.1, -0.05) is 13.8 Å². The molecule has 0 spiro atoms. The molecule has 0 N–H and O–H groups in total. The number of rotatable bonds is 3. The van der Waals surface area contributed by atoms with E-state index in [0.717, 1.165) is 12.5 Å². The molecule has 0 radical (unpaired) electrons. The quantitative estimate of drug-likeness (QED) is 0.588. The standard InChI is InChI=1S/C9H18O/c1-8-6-9(2,7-8)4-5-10-3/h8H,4-7H2,1-3H3. The third kappa shape index (κ3) is 1.72. The zero-order chi connectivity index (χ0) is 7.61. The molecule has 60 valence electrons. The molecule has 0 atom stereocenters. The smallest absolute Gasteiger partial charge is 0.0467 e. The SMILES string of the molecule is COCCC1(C)CC(C)C1. The molecule has 0 amide bonds. The van der Waals surface area contributed by atoms with Crippen LogP contribution < -0.4 is 0 Å². The van der Waals surface area contributed by atoms with Gasteiger partial charge in [0.2, 0.25) is 0 Å². The Kier molecular flexibility index (Phi) is 2.35. The minimum absolute atomic E-state index is 0.620. The first-order chi connectivity index (χ1) is 4.66. The molecule has 1 fully saturated rings. The molecule has 0 aromatic carbocycles. The summed E-state index contributed by atoms with van der Waals surface area (Å²) < 4.78 is 5.05. The summed E-state index contributed by atoms with van der Waals surface area (Å²) in [6.45, 7) is 5.63. The number of ether oxygens (including phenoxy) is 1. The van der Waals surface area contributed by atoms with Crippen LogP contribution in [0.5, 0.6) is 0 Å². The van der Waals surface area contributed by atoms with Crippen molar-refractivity contribution in [1.29, 1.82) is 0 Å². The minimum atomic E-state index is 0.620. The first-order valence-corrected chi connectivity index (χ1v) is 4.15. The Hall–Kier alpha value is -0.0400. The van der Waals surface area contributed by atoms with Crippen molar-refractivity contribution in [2.75, 3.05) is 13.7 Å². The first kappa shape index (κ1) is 8.06. The van der Waals surface area contributed by atoms with Crippen molar-refractivity contribution in [3.63, 3.8) is 0 Å². The van der Waals surface area contributed by atoms with Crippen molar-refractivity contribution in [2.24, 2.45) is 11.3 Å². The second-order valence-electron chi connectivity index (χ2n) is 4.07. The van der Waals surface area contributed by atoms with E-state index in [2.05, 4.69) is 13.8 Å². The van der Waals surface area contributed by atoms with Crippen LogP contribution in [0.3, 0.4) is 0 Å². The summed E-state index contributed by atoms with van der Waals surface area (Å²) in [5.74, 6) is 0.960. The predicted molar refractivity (Wildman–Crippen MR) is 43.0 cm³/mol. The van der Waals surface area contributed by atoms with Crippen LogP contribution in [0.25, 0.3) is 0 Å². The summed E-state index contributed by atoms with van der Waals surface area (Å²) >= 11 is 0. The normalized spacial score (nSPS) is 39.3. The van der Waals surface area contributed by atoms with Gasteiger partial charge < -0.3 is 4.74 Å². The van der Waals surface area contributed by atoms with E-state index >= 15 is 0 Å². The number of hydrogen-bond donors (Lipinski definition) is 0. The van der Waals surface area contributed by atoms with Gasteiger partial charge in [0.05, 0.1) is 0 Å². The summed E-state index contributed by atoms with van der Waals surface area (Å²) in [6.07, 6.45) is 4.04. The van der Waals surface area contributed by atoms with Gasteiger partial charge in [-0.15, -0.1) is 0 Å². The lowest BCUT2D eigenvalue weighted by atomic mass is 9.62. The van der Waals surface area contributed by atoms with E-state index in [1.165, 1.54) is 19.3 Å². The Morgan fingerprint density at radius 2 is 2.10 bits per heavy atom. The van der Waals surface area contributed by atoms with Crippen LogP contribution in [0.1, 0.15) is 33.1 Å². The molecular weight excluding hydrogens is 124 g/mol. The third-order valence-electron chi connectivity index (χ3n) is 2.59. The monoisotopic (exact) mass is 142 g/mol. The number of methoxy groups -OCH3 is 1. The maximum Gasteiger partial charge on any atom is 0.0467 e. The summed E-state index contributed by atoms with van der Waals surface area (Å²) in [5, 5.41) is 0. The van der Waals surface area contributed by atoms with Crippen LogP contribution >= 0.6 is 0 Å². The number of hydrogen-bond acceptors (Lipinski definition) is 1. The molecule has 0 heterocycles. The fourth-order valence-corrected chi connectivity index (χ4v) is 2.18. The second kappa shape index (κ2) is 2.91. The summed E-state index contributed by atoms with van der Waals surface area (Å²) in [5.41, 5.74) is 0.620. The average molecular weight is 142 g/mol. The molecule has 0 bridgehead atoms. The van der Waals surface area contributed by atoms with Crippen molar-refractivity contribution < 1.29 is 4.74 Å². The van der Waals surface area contributed by atoms with Gasteiger partial charge in [0.25, 0.3) is 0 Å². The highest BCUT2D eigenvalue weighted by molar-refractivity contribution is 4.87. The summed E-state index contributed by atoms with van der Waals surface area (Å²) in [7, 11) is 1.78. The van der Waals surface area contributed by atoms with Crippen molar-refractivity contribution in [2.45, 2.75) is 33.1 Å². The van der Waals surface area contributed by atoms with Crippen molar-refractivity contribution in [1.82, 2.24) is 0 Å². The highest BCUT2D eigenvalue weighted by Crippen LogP contribution is 2.47. The molecular formula is C9H18O. The molecule has 0 aliphatic heterocycles. The van der Waals surface area contributed by atoms with Gasteiger partial charge in [-0.2, -0.15) is 0 Å². The third-order valence-corrected chi connectivity index (χ3v) is 2.59. The second-order valence-corrected chi connectivity index (χ2v) is 4.07. The van der Waals surface area contributed by atoms with E-state index in [9.17, 15) is 0 Å². The average Bonchev–Trinajstić information content (AvgIpc) is 1.81. The fourth-order valence-electron chi connectivity index (χ4n) is 2.18. The van der Waals surface area contributed by atoms with Gasteiger partial charge in [-0.3, -0.25) is 0 Å². The Labute approximate surface area is 63.8 Å². The van der Waals surface area contributed by atoms with Gasteiger partial charge in [-0.25, -0.2) is 0 Å². The zero-order valence-corrected chi connectivity index (χ0v) is 7.31. The summed E-state index contributed by atoms with van der Waals surface area (Å²) in [6, 6.07) is 0. The molecule has 1 aliphatic carbocycles. The summed E-state index contributed by atoms with van der Waals surface area (Å²) in [4.78, 5) is 0. The van der Waals surface area contributed by atoms with Crippen LogP contribution in [-0.4, -0.2) is 13.7 Å². The molecule has 0 aromatic rings.